The van der Waals surface area contributed by atoms with E-state index in [0.717, 1.165) is 19.4 Å². The molecule has 4 nitrogen and oxygen atoms in total. The smallest absolute Gasteiger partial charge is 0.235 e. The highest BCUT2D eigenvalue weighted by molar-refractivity contribution is 5.79. The topological polar surface area (TPSA) is 56.1 Å². The zero-order valence-electron chi connectivity index (χ0n) is 13.7. The molecule has 1 aromatic carbocycles. The average Bonchev–Trinajstić information content (AvgIpc) is 3.32. The van der Waals surface area contributed by atoms with Crippen LogP contribution in [0.15, 0.2) is 30.3 Å². The summed E-state index contributed by atoms with van der Waals surface area (Å²) in [7, 11) is 0. The molecule has 1 unspecified atom stereocenters. The molecule has 1 aliphatic carbocycles. The van der Waals surface area contributed by atoms with Crippen LogP contribution in [0.25, 0.3) is 0 Å². The molecule has 0 bridgehead atoms. The van der Waals surface area contributed by atoms with Gasteiger partial charge in [-0.25, -0.2) is 0 Å². The zero-order chi connectivity index (χ0) is 16.2. The number of carbonyl (C=O) groups excluding carboxylic acids is 1. The Hall–Kier alpha value is -1.86. The molecule has 22 heavy (non-hydrogen) atoms. The maximum absolute atomic E-state index is 12.4. The minimum absolute atomic E-state index is 0.0689. The quantitative estimate of drug-likeness (QED) is 0.842. The van der Waals surface area contributed by atoms with Gasteiger partial charge < -0.3 is 5.32 Å². The fraction of sp³-hybridized carbons (Fsp3) is 0.556. The molecule has 0 saturated heterocycles. The second-order valence-electron chi connectivity index (χ2n) is 6.62. The maximum atomic E-state index is 12.4. The van der Waals surface area contributed by atoms with Crippen LogP contribution in [-0.4, -0.2) is 28.9 Å². The maximum Gasteiger partial charge on any atom is 0.235 e. The van der Waals surface area contributed by atoms with E-state index in [0.29, 0.717) is 12.5 Å². The van der Waals surface area contributed by atoms with E-state index in [1.165, 1.54) is 5.56 Å². The molecule has 1 amide bonds. The highest BCUT2D eigenvalue weighted by Crippen LogP contribution is 2.39. The summed E-state index contributed by atoms with van der Waals surface area (Å²) in [6.07, 6.45) is 2.06. The first kappa shape index (κ1) is 16.5. The second-order valence-corrected chi connectivity index (χ2v) is 6.62. The highest BCUT2D eigenvalue weighted by atomic mass is 16.2. The average molecular weight is 299 g/mol. The van der Waals surface area contributed by atoms with Crippen LogP contribution in [0.1, 0.15) is 39.2 Å². The summed E-state index contributed by atoms with van der Waals surface area (Å²) in [4.78, 5) is 14.5. The number of carbonyl (C=O) groups is 1. The van der Waals surface area contributed by atoms with E-state index in [2.05, 4.69) is 42.3 Å². The first-order valence-corrected chi connectivity index (χ1v) is 7.95. The summed E-state index contributed by atoms with van der Waals surface area (Å²) in [5.41, 5.74) is 0.473. The number of benzene rings is 1. The van der Waals surface area contributed by atoms with Crippen molar-refractivity contribution in [2.24, 2.45) is 5.92 Å². The van der Waals surface area contributed by atoms with Gasteiger partial charge in [0.25, 0.3) is 0 Å². The monoisotopic (exact) mass is 299 g/mol. The van der Waals surface area contributed by atoms with E-state index in [9.17, 15) is 10.1 Å². The summed E-state index contributed by atoms with van der Waals surface area (Å²) >= 11 is 0. The molecule has 1 saturated carbocycles. The predicted molar refractivity (Wildman–Crippen MR) is 86.9 cm³/mol. The van der Waals surface area contributed by atoms with Crippen LogP contribution in [0.5, 0.6) is 0 Å². The highest BCUT2D eigenvalue weighted by Gasteiger charge is 2.43. The van der Waals surface area contributed by atoms with Crippen LogP contribution in [-0.2, 0) is 11.3 Å². The van der Waals surface area contributed by atoms with Gasteiger partial charge in [0.2, 0.25) is 5.91 Å². The largest absolute Gasteiger partial charge is 0.337 e. The van der Waals surface area contributed by atoms with Crippen molar-refractivity contribution < 1.29 is 4.79 Å². The zero-order valence-corrected chi connectivity index (χ0v) is 13.7. The Morgan fingerprint density at radius 2 is 2.05 bits per heavy atom. The molecule has 0 aliphatic heterocycles. The lowest BCUT2D eigenvalue weighted by atomic mass is 9.98. The molecular weight excluding hydrogens is 274 g/mol. The number of hydrogen-bond acceptors (Lipinski definition) is 3. The van der Waals surface area contributed by atoms with Gasteiger partial charge in [0.05, 0.1) is 12.6 Å². The van der Waals surface area contributed by atoms with Crippen molar-refractivity contribution in [2.75, 3.05) is 6.54 Å². The predicted octanol–water partition coefficient (Wildman–Crippen LogP) is 2.71. The number of nitrogens with zero attached hydrogens (tertiary/aromatic N) is 2. The van der Waals surface area contributed by atoms with Crippen molar-refractivity contribution >= 4 is 5.91 Å². The van der Waals surface area contributed by atoms with Gasteiger partial charge in [-0.15, -0.1) is 0 Å². The lowest BCUT2D eigenvalue weighted by Crippen LogP contribution is -2.50. The number of amides is 1. The minimum atomic E-state index is -0.716. The fourth-order valence-electron chi connectivity index (χ4n) is 2.63. The molecule has 1 aliphatic rings. The molecule has 0 spiro atoms. The Kier molecular flexibility index (Phi) is 5.20. The van der Waals surface area contributed by atoms with Crippen molar-refractivity contribution in [1.82, 2.24) is 10.2 Å². The molecule has 0 radical (unpaired) electrons. The Morgan fingerprint density at radius 3 is 2.55 bits per heavy atom. The van der Waals surface area contributed by atoms with Crippen LogP contribution >= 0.6 is 0 Å². The first-order valence-electron chi connectivity index (χ1n) is 7.95. The molecule has 0 heterocycles. The van der Waals surface area contributed by atoms with Crippen LogP contribution in [0.2, 0.25) is 0 Å². The third-order valence-electron chi connectivity index (χ3n) is 4.33. The molecule has 1 fully saturated rings. The Labute approximate surface area is 133 Å². The van der Waals surface area contributed by atoms with E-state index in [1.807, 2.05) is 25.1 Å². The Balaban J connectivity index is 1.96. The van der Waals surface area contributed by atoms with Gasteiger partial charge in [0, 0.05) is 12.6 Å². The SMILES string of the molecule is CC(C)N(CC(=O)NC(C)(C#N)C1CC1)Cc1ccccc1. The molecule has 118 valence electrons. The van der Waals surface area contributed by atoms with Crippen LogP contribution in [0.4, 0.5) is 0 Å². The summed E-state index contributed by atoms with van der Waals surface area (Å²) in [6, 6.07) is 12.7. The van der Waals surface area contributed by atoms with Gasteiger partial charge in [-0.2, -0.15) is 5.26 Å². The van der Waals surface area contributed by atoms with E-state index in [4.69, 9.17) is 0 Å². The standard InChI is InChI=1S/C18H25N3O/c1-14(2)21(11-15-7-5-4-6-8-15)12-17(22)20-18(3,13-19)16-9-10-16/h4-8,14,16H,9-12H2,1-3H3,(H,20,22). The number of nitrogens with one attached hydrogen (secondary N) is 1. The third-order valence-corrected chi connectivity index (χ3v) is 4.33. The fourth-order valence-corrected chi connectivity index (χ4v) is 2.63. The van der Waals surface area contributed by atoms with Crippen molar-refractivity contribution in [1.29, 1.82) is 5.26 Å². The van der Waals surface area contributed by atoms with E-state index < -0.39 is 5.54 Å². The summed E-state index contributed by atoms with van der Waals surface area (Å²) in [5.74, 6) is 0.239. The molecule has 1 N–H and O–H groups in total. The van der Waals surface area contributed by atoms with Gasteiger partial charge in [-0.05, 0) is 45.1 Å². The van der Waals surface area contributed by atoms with Crippen LogP contribution in [0.3, 0.4) is 0 Å². The minimum Gasteiger partial charge on any atom is -0.337 e. The van der Waals surface area contributed by atoms with Gasteiger partial charge in [0.15, 0.2) is 0 Å². The number of nitriles is 1. The normalized spacial score (nSPS) is 17.1. The summed E-state index contributed by atoms with van der Waals surface area (Å²) in [6.45, 7) is 7.05. The third kappa shape index (κ3) is 4.32. The lowest BCUT2D eigenvalue weighted by Gasteiger charge is -2.29. The van der Waals surface area contributed by atoms with Gasteiger partial charge >= 0.3 is 0 Å². The van der Waals surface area contributed by atoms with Gasteiger partial charge in [-0.3, -0.25) is 9.69 Å². The molecule has 4 heteroatoms. The Bertz CT molecular complexity index is 545. The molecule has 1 aromatic rings. The summed E-state index contributed by atoms with van der Waals surface area (Å²) < 4.78 is 0. The van der Waals surface area contributed by atoms with Crippen molar-refractivity contribution in [3.63, 3.8) is 0 Å². The first-order chi connectivity index (χ1) is 10.4. The molecule has 1 atom stereocenters. The van der Waals surface area contributed by atoms with E-state index in [-0.39, 0.29) is 11.9 Å². The van der Waals surface area contributed by atoms with Gasteiger partial charge in [-0.1, -0.05) is 30.3 Å². The lowest BCUT2D eigenvalue weighted by molar-refractivity contribution is -0.124. The Morgan fingerprint density at radius 1 is 1.41 bits per heavy atom. The molecular formula is C18H25N3O. The second kappa shape index (κ2) is 6.93. The molecule has 0 aromatic heterocycles. The van der Waals surface area contributed by atoms with Crippen LogP contribution in [0, 0.1) is 17.2 Å². The van der Waals surface area contributed by atoms with E-state index >= 15 is 0 Å². The summed E-state index contributed by atoms with van der Waals surface area (Å²) in [5, 5.41) is 12.3. The van der Waals surface area contributed by atoms with Gasteiger partial charge in [0.1, 0.15) is 5.54 Å². The van der Waals surface area contributed by atoms with Crippen molar-refractivity contribution in [2.45, 2.75) is 51.7 Å². The molecule has 2 rings (SSSR count). The van der Waals surface area contributed by atoms with Crippen LogP contribution < -0.4 is 5.32 Å². The number of rotatable bonds is 7. The van der Waals surface area contributed by atoms with Crippen molar-refractivity contribution in [3.8, 4) is 6.07 Å². The van der Waals surface area contributed by atoms with Crippen molar-refractivity contribution in [3.05, 3.63) is 35.9 Å². The number of hydrogen-bond donors (Lipinski definition) is 1. The van der Waals surface area contributed by atoms with E-state index in [1.54, 1.807) is 0 Å².